The third-order valence-electron chi connectivity index (χ3n) is 8.18. The highest BCUT2D eigenvalue weighted by molar-refractivity contribution is 5.93. The van der Waals surface area contributed by atoms with E-state index in [1.165, 1.54) is 6.07 Å². The smallest absolute Gasteiger partial charge is 0.343 e. The maximum absolute atomic E-state index is 14.9. The highest BCUT2D eigenvalue weighted by Gasteiger charge is 2.46. The summed E-state index contributed by atoms with van der Waals surface area (Å²) in [5.41, 5.74) is 8.52. The summed E-state index contributed by atoms with van der Waals surface area (Å²) in [6.45, 7) is 3.26. The first-order chi connectivity index (χ1) is 16.6. The number of hydrogen-bond donors (Lipinski definition) is 3. The average molecular weight is 516 g/mol. The van der Waals surface area contributed by atoms with Crippen LogP contribution in [0.25, 0.3) is 22.3 Å². The number of aryl methyl sites for hydroxylation is 1. The maximum atomic E-state index is 14.9. The van der Waals surface area contributed by atoms with Gasteiger partial charge in [0.05, 0.1) is 29.0 Å². The Bertz CT molecular complexity index is 1540. The van der Waals surface area contributed by atoms with Gasteiger partial charge in [0.2, 0.25) is 0 Å². The summed E-state index contributed by atoms with van der Waals surface area (Å²) in [4.78, 5) is 30.8. The summed E-state index contributed by atoms with van der Waals surface area (Å²) in [7, 11) is 0. The van der Waals surface area contributed by atoms with E-state index < -0.39 is 17.1 Å². The van der Waals surface area contributed by atoms with Gasteiger partial charge in [-0.15, -0.1) is 12.4 Å². The quantitative estimate of drug-likeness (QED) is 0.357. The van der Waals surface area contributed by atoms with Gasteiger partial charge in [-0.3, -0.25) is 4.79 Å². The van der Waals surface area contributed by atoms with Crippen molar-refractivity contribution in [1.29, 1.82) is 0 Å². The molecule has 2 aliphatic heterocycles. The molecule has 2 aromatic heterocycles. The molecule has 190 valence electrons. The van der Waals surface area contributed by atoms with Crippen molar-refractivity contribution in [2.24, 2.45) is 5.73 Å². The Morgan fingerprint density at radius 2 is 2.00 bits per heavy atom. The number of carbonyl (C=O) groups excluding carboxylic acids is 1. The molecular formula is C26H27ClFN3O5. The van der Waals surface area contributed by atoms with Crippen LogP contribution in [0.1, 0.15) is 59.6 Å². The lowest BCUT2D eigenvalue weighted by Gasteiger charge is -2.37. The lowest BCUT2D eigenvalue weighted by atomic mass is 9.72. The Morgan fingerprint density at radius 3 is 2.69 bits per heavy atom. The molecule has 36 heavy (non-hydrogen) atoms. The van der Waals surface area contributed by atoms with Gasteiger partial charge in [0.25, 0.3) is 5.56 Å². The second-order valence-electron chi connectivity index (χ2n) is 9.90. The third-order valence-corrected chi connectivity index (χ3v) is 8.18. The fourth-order valence-electron chi connectivity index (χ4n) is 6.17. The van der Waals surface area contributed by atoms with Crippen molar-refractivity contribution in [3.63, 3.8) is 0 Å². The molecular weight excluding hydrogens is 489 g/mol. The van der Waals surface area contributed by atoms with E-state index in [2.05, 4.69) is 0 Å². The Labute approximate surface area is 212 Å². The number of halogens is 2. The number of nitrogens with zero attached hydrogens (tertiary/aromatic N) is 2. The summed E-state index contributed by atoms with van der Waals surface area (Å²) in [6, 6.07) is 3.03. The molecule has 0 saturated heterocycles. The van der Waals surface area contributed by atoms with Gasteiger partial charge >= 0.3 is 5.97 Å². The van der Waals surface area contributed by atoms with Crippen molar-refractivity contribution in [2.75, 3.05) is 6.61 Å². The van der Waals surface area contributed by atoms with Crippen molar-refractivity contribution < 1.29 is 24.1 Å². The largest absolute Gasteiger partial charge is 0.458 e. The van der Waals surface area contributed by atoms with Crippen molar-refractivity contribution in [1.82, 2.24) is 9.55 Å². The van der Waals surface area contributed by atoms with Crippen molar-refractivity contribution in [3.05, 3.63) is 61.7 Å². The van der Waals surface area contributed by atoms with Crippen LogP contribution in [0.15, 0.2) is 16.9 Å². The number of carbonyl (C=O) groups is 1. The highest BCUT2D eigenvalue weighted by atomic mass is 35.5. The van der Waals surface area contributed by atoms with Gasteiger partial charge in [-0.1, -0.05) is 6.92 Å². The molecule has 0 radical (unpaired) electrons. The molecule has 8 nitrogen and oxygen atoms in total. The third kappa shape index (κ3) is 3.00. The fraction of sp³-hybridized carbons (Fsp3) is 0.423. The maximum Gasteiger partial charge on any atom is 0.343 e. The lowest BCUT2D eigenvalue weighted by molar-refractivity contribution is -0.172. The molecule has 3 aliphatic rings. The molecule has 0 fully saturated rings. The van der Waals surface area contributed by atoms with E-state index in [4.69, 9.17) is 15.5 Å². The lowest BCUT2D eigenvalue weighted by Crippen LogP contribution is -2.44. The molecule has 0 saturated carbocycles. The van der Waals surface area contributed by atoms with Crippen LogP contribution in [0.2, 0.25) is 0 Å². The van der Waals surface area contributed by atoms with Crippen molar-refractivity contribution >= 4 is 29.3 Å². The van der Waals surface area contributed by atoms with E-state index in [-0.39, 0.29) is 61.1 Å². The second-order valence-corrected chi connectivity index (χ2v) is 9.90. The van der Waals surface area contributed by atoms with E-state index in [0.717, 1.165) is 22.1 Å². The number of pyridine rings is 2. The fourth-order valence-corrected chi connectivity index (χ4v) is 6.17. The van der Waals surface area contributed by atoms with Crippen LogP contribution in [0.4, 0.5) is 4.39 Å². The number of benzene rings is 1. The van der Waals surface area contributed by atoms with Gasteiger partial charge < -0.3 is 25.3 Å². The Kier molecular flexibility index (Phi) is 5.57. The molecule has 2 atom stereocenters. The first kappa shape index (κ1) is 24.8. The van der Waals surface area contributed by atoms with Crippen LogP contribution in [0, 0.1) is 12.7 Å². The minimum atomic E-state index is -1.93. The summed E-state index contributed by atoms with van der Waals surface area (Å²) in [6.07, 6.45) is 1.44. The molecule has 4 heterocycles. The van der Waals surface area contributed by atoms with Gasteiger partial charge in [0, 0.05) is 34.7 Å². The number of ether oxygens (including phenoxy) is 1. The Hall–Kier alpha value is -2.85. The monoisotopic (exact) mass is 515 g/mol. The van der Waals surface area contributed by atoms with Gasteiger partial charge in [-0.25, -0.2) is 14.2 Å². The molecule has 0 bridgehead atoms. The zero-order valence-corrected chi connectivity index (χ0v) is 20.8. The number of hydrogen-bond acceptors (Lipinski definition) is 7. The number of aromatic nitrogens is 2. The SMILES string of the molecule is CC[C@@]1(O)C(=O)OCc2c1cc1n(c2=O)Cc2c-1nc1cc(F)c(C)c3c1c2[C@@](N)(CCO)CC3.Cl. The Balaban J connectivity index is 0.00000267. The van der Waals surface area contributed by atoms with Crippen LogP contribution < -0.4 is 11.3 Å². The number of aliphatic hydroxyl groups excluding tert-OH is 1. The predicted molar refractivity (Wildman–Crippen MR) is 132 cm³/mol. The predicted octanol–water partition coefficient (Wildman–Crippen LogP) is 2.43. The van der Waals surface area contributed by atoms with Gasteiger partial charge in [0.1, 0.15) is 12.4 Å². The summed E-state index contributed by atoms with van der Waals surface area (Å²) in [5, 5.41) is 21.7. The van der Waals surface area contributed by atoms with E-state index in [0.29, 0.717) is 41.7 Å². The zero-order chi connectivity index (χ0) is 24.9. The second kappa shape index (κ2) is 8.08. The van der Waals surface area contributed by atoms with Crippen LogP contribution >= 0.6 is 12.4 Å². The molecule has 1 aliphatic carbocycles. The number of cyclic esters (lactones) is 1. The molecule has 0 spiro atoms. The summed E-state index contributed by atoms with van der Waals surface area (Å²) < 4.78 is 21.6. The number of rotatable bonds is 3. The summed E-state index contributed by atoms with van der Waals surface area (Å²) >= 11 is 0. The number of nitrogens with two attached hydrogens (primary N) is 1. The first-order valence-corrected chi connectivity index (χ1v) is 11.9. The molecule has 10 heteroatoms. The van der Waals surface area contributed by atoms with Gasteiger partial charge in [0.15, 0.2) is 5.60 Å². The van der Waals surface area contributed by atoms with Gasteiger partial charge in [-0.05, 0) is 55.4 Å². The van der Waals surface area contributed by atoms with E-state index in [1.54, 1.807) is 24.5 Å². The zero-order valence-electron chi connectivity index (χ0n) is 20.0. The van der Waals surface area contributed by atoms with Crippen LogP contribution in [-0.2, 0) is 40.2 Å². The Morgan fingerprint density at radius 1 is 1.25 bits per heavy atom. The molecule has 3 aromatic rings. The summed E-state index contributed by atoms with van der Waals surface area (Å²) in [5.74, 6) is -1.15. The van der Waals surface area contributed by atoms with Crippen molar-refractivity contribution in [3.8, 4) is 11.4 Å². The van der Waals surface area contributed by atoms with Crippen LogP contribution in [-0.4, -0.2) is 32.3 Å². The number of esters is 1. The molecule has 0 unspecified atom stereocenters. The molecule has 4 N–H and O–H groups in total. The van der Waals surface area contributed by atoms with Crippen LogP contribution in [0.3, 0.4) is 0 Å². The first-order valence-electron chi connectivity index (χ1n) is 11.9. The van der Waals surface area contributed by atoms with E-state index in [9.17, 15) is 24.2 Å². The van der Waals surface area contributed by atoms with E-state index in [1.807, 2.05) is 0 Å². The minimum Gasteiger partial charge on any atom is -0.458 e. The number of aliphatic hydroxyl groups is 2. The average Bonchev–Trinajstić information content (AvgIpc) is 3.19. The molecule has 6 rings (SSSR count). The standard InChI is InChI=1S/C26H26FN3O5.ClH/c1-3-26(34)16-8-19-22-14(10-30(19)23(32)15(16)11-35-24(26)33)21-20-13(4-5-25(21,28)6-7-31)12(2)17(27)9-18(20)29-22;/h8-9,31,34H,3-7,10-11,28H2,1-2H3;1H/t25-,26-;/m0./s1. The van der Waals surface area contributed by atoms with Gasteiger partial charge in [-0.2, -0.15) is 0 Å². The molecule has 1 aromatic carbocycles. The minimum absolute atomic E-state index is 0. The highest BCUT2D eigenvalue weighted by Crippen LogP contribution is 2.48. The van der Waals surface area contributed by atoms with Crippen molar-refractivity contribution in [2.45, 2.75) is 63.8 Å². The molecule has 0 amide bonds. The normalized spacial score (nSPS) is 23.6. The van der Waals surface area contributed by atoms with E-state index >= 15 is 0 Å². The topological polar surface area (TPSA) is 128 Å². The number of fused-ring (bicyclic) bond motifs is 5. The van der Waals surface area contributed by atoms with Crippen LogP contribution in [0.5, 0.6) is 0 Å².